The molecular weight excluding hydrogens is 262 g/mol. The molecule has 3 nitrogen and oxygen atoms in total. The molecule has 4 heteroatoms. The van der Waals surface area contributed by atoms with Crippen LogP contribution in [0.5, 0.6) is 5.75 Å². The zero-order valence-corrected chi connectivity index (χ0v) is 12.4. The number of rotatable bonds is 6. The molecule has 0 aliphatic carbocycles. The van der Waals surface area contributed by atoms with Gasteiger partial charge in [-0.05, 0) is 44.4 Å². The molecule has 19 heavy (non-hydrogen) atoms. The Bertz CT molecular complexity index is 405. The number of hydrogen-bond acceptors (Lipinski definition) is 3. The Morgan fingerprint density at radius 3 is 3.11 bits per heavy atom. The molecule has 0 radical (unpaired) electrons. The average molecular weight is 284 g/mol. The van der Waals surface area contributed by atoms with Gasteiger partial charge >= 0.3 is 0 Å². The van der Waals surface area contributed by atoms with Crippen molar-refractivity contribution in [1.82, 2.24) is 5.32 Å². The Morgan fingerprint density at radius 1 is 1.53 bits per heavy atom. The monoisotopic (exact) mass is 283 g/mol. The number of nitrogens with one attached hydrogen (secondary N) is 1. The van der Waals surface area contributed by atoms with Crippen LogP contribution in [0.3, 0.4) is 0 Å². The lowest BCUT2D eigenvalue weighted by atomic mass is 10.2. The van der Waals surface area contributed by atoms with E-state index in [1.807, 2.05) is 25.1 Å². The van der Waals surface area contributed by atoms with Crippen molar-refractivity contribution in [3.05, 3.63) is 28.8 Å². The number of halogens is 1. The molecule has 1 fully saturated rings. The molecule has 1 aromatic carbocycles. The molecule has 1 saturated heterocycles. The van der Waals surface area contributed by atoms with Crippen LogP contribution < -0.4 is 10.1 Å². The summed E-state index contributed by atoms with van der Waals surface area (Å²) in [6.07, 6.45) is 2.83. The van der Waals surface area contributed by atoms with Crippen LogP contribution in [-0.4, -0.2) is 31.9 Å². The Labute approximate surface area is 120 Å². The second kappa shape index (κ2) is 7.13. The van der Waals surface area contributed by atoms with Gasteiger partial charge in [0.25, 0.3) is 0 Å². The third-order valence-electron chi connectivity index (χ3n) is 3.31. The molecule has 1 heterocycles. The maximum atomic E-state index is 5.98. The van der Waals surface area contributed by atoms with E-state index in [4.69, 9.17) is 21.1 Å². The van der Waals surface area contributed by atoms with Crippen molar-refractivity contribution < 1.29 is 9.47 Å². The van der Waals surface area contributed by atoms with Crippen molar-refractivity contribution in [3.8, 4) is 5.75 Å². The van der Waals surface area contributed by atoms with Gasteiger partial charge < -0.3 is 14.8 Å². The lowest BCUT2D eigenvalue weighted by molar-refractivity contribution is 0.106. The summed E-state index contributed by atoms with van der Waals surface area (Å²) in [5.41, 5.74) is 1.11. The molecule has 2 unspecified atom stereocenters. The molecule has 0 saturated carbocycles. The van der Waals surface area contributed by atoms with E-state index in [1.165, 1.54) is 6.42 Å². The molecule has 1 N–H and O–H groups in total. The van der Waals surface area contributed by atoms with E-state index < -0.39 is 0 Å². The minimum absolute atomic E-state index is 0.110. The largest absolute Gasteiger partial charge is 0.489 e. The highest BCUT2D eigenvalue weighted by Crippen LogP contribution is 2.23. The van der Waals surface area contributed by atoms with Crippen LogP contribution in [0, 0.1) is 6.92 Å². The molecule has 1 aliphatic rings. The van der Waals surface area contributed by atoms with Gasteiger partial charge in [0.05, 0.1) is 6.10 Å². The second-order valence-corrected chi connectivity index (χ2v) is 5.57. The van der Waals surface area contributed by atoms with Crippen molar-refractivity contribution in [2.24, 2.45) is 0 Å². The minimum atomic E-state index is 0.110. The quantitative estimate of drug-likeness (QED) is 0.870. The molecule has 0 spiro atoms. The molecule has 0 bridgehead atoms. The summed E-state index contributed by atoms with van der Waals surface area (Å²) in [4.78, 5) is 0. The Balaban J connectivity index is 1.73. The molecule has 1 aromatic rings. The summed E-state index contributed by atoms with van der Waals surface area (Å²) in [5.74, 6) is 0.860. The van der Waals surface area contributed by atoms with Gasteiger partial charge in [0.15, 0.2) is 0 Å². The predicted molar refractivity (Wildman–Crippen MR) is 78.1 cm³/mol. The summed E-state index contributed by atoms with van der Waals surface area (Å²) in [6.45, 7) is 6.70. The average Bonchev–Trinajstić information content (AvgIpc) is 2.87. The van der Waals surface area contributed by atoms with Gasteiger partial charge in [0.1, 0.15) is 11.9 Å². The van der Waals surface area contributed by atoms with Crippen molar-refractivity contribution in [2.75, 3.05) is 19.7 Å². The van der Waals surface area contributed by atoms with Gasteiger partial charge in [0.2, 0.25) is 0 Å². The van der Waals surface area contributed by atoms with Gasteiger partial charge in [0, 0.05) is 24.7 Å². The summed E-state index contributed by atoms with van der Waals surface area (Å²) >= 11 is 5.98. The van der Waals surface area contributed by atoms with E-state index in [0.29, 0.717) is 11.1 Å². The number of benzene rings is 1. The highest BCUT2D eigenvalue weighted by molar-refractivity contribution is 6.30. The first kappa shape index (κ1) is 14.6. The van der Waals surface area contributed by atoms with E-state index >= 15 is 0 Å². The van der Waals surface area contributed by atoms with Crippen molar-refractivity contribution >= 4 is 11.6 Å². The van der Waals surface area contributed by atoms with Gasteiger partial charge in [-0.3, -0.25) is 0 Å². The topological polar surface area (TPSA) is 30.5 Å². The summed E-state index contributed by atoms with van der Waals surface area (Å²) < 4.78 is 11.5. The van der Waals surface area contributed by atoms with Gasteiger partial charge in [-0.2, -0.15) is 0 Å². The molecule has 2 atom stereocenters. The first-order valence-corrected chi connectivity index (χ1v) is 7.28. The van der Waals surface area contributed by atoms with Crippen molar-refractivity contribution in [2.45, 2.75) is 38.9 Å². The van der Waals surface area contributed by atoms with Crippen LogP contribution in [0.1, 0.15) is 25.3 Å². The van der Waals surface area contributed by atoms with Gasteiger partial charge in [-0.25, -0.2) is 0 Å². The zero-order valence-electron chi connectivity index (χ0n) is 11.6. The molecular formula is C15H22ClNO2. The summed E-state index contributed by atoms with van der Waals surface area (Å²) in [7, 11) is 0. The third-order valence-corrected chi connectivity index (χ3v) is 3.54. The normalized spacial score (nSPS) is 20.5. The van der Waals surface area contributed by atoms with Crippen LogP contribution in [0.15, 0.2) is 18.2 Å². The number of ether oxygens (including phenoxy) is 2. The van der Waals surface area contributed by atoms with Gasteiger partial charge in [-0.15, -0.1) is 0 Å². The molecule has 0 amide bonds. The van der Waals surface area contributed by atoms with Crippen LogP contribution in [0.25, 0.3) is 0 Å². The summed E-state index contributed by atoms with van der Waals surface area (Å²) in [5, 5.41) is 4.11. The predicted octanol–water partition coefficient (Wildman–Crippen LogP) is 3.18. The number of hydrogen-bond donors (Lipinski definition) is 1. The molecule has 2 rings (SSSR count). The molecule has 1 aliphatic heterocycles. The second-order valence-electron chi connectivity index (χ2n) is 5.13. The minimum Gasteiger partial charge on any atom is -0.489 e. The fraction of sp³-hybridized carbons (Fsp3) is 0.600. The maximum absolute atomic E-state index is 5.98. The SMILES string of the molecule is Cc1ccc(Cl)cc1OC(C)CNCC1CCCO1. The Morgan fingerprint density at radius 2 is 2.37 bits per heavy atom. The molecule has 106 valence electrons. The zero-order chi connectivity index (χ0) is 13.7. The van der Waals surface area contributed by atoms with Gasteiger partial charge in [-0.1, -0.05) is 17.7 Å². The fourth-order valence-corrected chi connectivity index (χ4v) is 2.37. The Hall–Kier alpha value is -0.770. The lowest BCUT2D eigenvalue weighted by Crippen LogP contribution is -2.34. The highest BCUT2D eigenvalue weighted by atomic mass is 35.5. The standard InChI is InChI=1S/C15H22ClNO2/c1-11-5-6-13(16)8-15(11)19-12(2)9-17-10-14-4-3-7-18-14/h5-6,8,12,14,17H,3-4,7,9-10H2,1-2H3. The van der Waals surface area contributed by atoms with Crippen LogP contribution in [0.4, 0.5) is 0 Å². The first-order valence-electron chi connectivity index (χ1n) is 6.90. The van der Waals surface area contributed by atoms with Crippen LogP contribution in [0.2, 0.25) is 5.02 Å². The van der Waals surface area contributed by atoms with Crippen LogP contribution >= 0.6 is 11.6 Å². The smallest absolute Gasteiger partial charge is 0.124 e. The molecule has 0 aromatic heterocycles. The first-order chi connectivity index (χ1) is 9.15. The highest BCUT2D eigenvalue weighted by Gasteiger charge is 2.15. The van der Waals surface area contributed by atoms with E-state index in [2.05, 4.69) is 12.2 Å². The van der Waals surface area contributed by atoms with E-state index in [1.54, 1.807) is 0 Å². The maximum Gasteiger partial charge on any atom is 0.124 e. The van der Waals surface area contributed by atoms with Crippen molar-refractivity contribution in [3.63, 3.8) is 0 Å². The summed E-state index contributed by atoms with van der Waals surface area (Å²) in [6, 6.07) is 5.72. The van der Waals surface area contributed by atoms with E-state index in [0.717, 1.165) is 37.4 Å². The van der Waals surface area contributed by atoms with E-state index in [-0.39, 0.29) is 6.10 Å². The van der Waals surface area contributed by atoms with Crippen molar-refractivity contribution in [1.29, 1.82) is 0 Å². The Kier molecular flexibility index (Phi) is 5.49. The van der Waals surface area contributed by atoms with Crippen LogP contribution in [-0.2, 0) is 4.74 Å². The van der Waals surface area contributed by atoms with E-state index in [9.17, 15) is 0 Å². The number of aryl methyl sites for hydroxylation is 1. The lowest BCUT2D eigenvalue weighted by Gasteiger charge is -2.18. The fourth-order valence-electron chi connectivity index (χ4n) is 2.21. The third kappa shape index (κ3) is 4.68.